The monoisotopic (exact) mass is 285 g/mol. The van der Waals surface area contributed by atoms with Crippen molar-refractivity contribution in [2.45, 2.75) is 45.9 Å². The SMILES string of the molecule is Cc1cc(CNC(C)(C)C(C)O)ccc1Br. The van der Waals surface area contributed by atoms with E-state index in [4.69, 9.17) is 0 Å². The van der Waals surface area contributed by atoms with Crippen LogP contribution in [0.2, 0.25) is 0 Å². The molecule has 3 heteroatoms. The fourth-order valence-electron chi connectivity index (χ4n) is 1.29. The third-order valence-electron chi connectivity index (χ3n) is 3.01. The number of rotatable bonds is 4. The second-order valence-corrected chi connectivity index (χ2v) is 5.69. The van der Waals surface area contributed by atoms with Gasteiger partial charge in [0.15, 0.2) is 0 Å². The van der Waals surface area contributed by atoms with Crippen LogP contribution in [-0.2, 0) is 6.54 Å². The Morgan fingerprint density at radius 3 is 2.56 bits per heavy atom. The summed E-state index contributed by atoms with van der Waals surface area (Å²) in [5.74, 6) is 0. The van der Waals surface area contributed by atoms with Crippen LogP contribution in [0.5, 0.6) is 0 Å². The van der Waals surface area contributed by atoms with E-state index in [1.807, 2.05) is 13.8 Å². The first-order chi connectivity index (χ1) is 7.33. The molecule has 1 aromatic rings. The number of nitrogens with one attached hydrogen (secondary N) is 1. The highest BCUT2D eigenvalue weighted by atomic mass is 79.9. The second kappa shape index (κ2) is 5.30. The van der Waals surface area contributed by atoms with Crippen molar-refractivity contribution in [2.24, 2.45) is 0 Å². The molecule has 0 saturated heterocycles. The summed E-state index contributed by atoms with van der Waals surface area (Å²) in [7, 11) is 0. The third kappa shape index (κ3) is 3.58. The predicted octanol–water partition coefficient (Wildman–Crippen LogP) is 3.01. The van der Waals surface area contributed by atoms with Crippen molar-refractivity contribution in [1.82, 2.24) is 5.32 Å². The molecule has 0 radical (unpaired) electrons. The fourth-order valence-corrected chi connectivity index (χ4v) is 1.54. The first kappa shape index (κ1) is 13.7. The Bertz CT molecular complexity index is 361. The average molecular weight is 286 g/mol. The highest BCUT2D eigenvalue weighted by Crippen LogP contribution is 2.18. The first-order valence-corrected chi connectivity index (χ1v) is 6.30. The molecule has 1 aromatic carbocycles. The summed E-state index contributed by atoms with van der Waals surface area (Å²) in [5, 5.41) is 12.9. The van der Waals surface area contributed by atoms with Crippen LogP contribution in [0.25, 0.3) is 0 Å². The van der Waals surface area contributed by atoms with Crippen LogP contribution in [0, 0.1) is 6.92 Å². The first-order valence-electron chi connectivity index (χ1n) is 5.51. The van der Waals surface area contributed by atoms with E-state index in [1.165, 1.54) is 11.1 Å². The standard InChI is InChI=1S/C13H20BrNO/c1-9-7-11(5-6-12(9)14)8-15-13(3,4)10(2)16/h5-7,10,15-16H,8H2,1-4H3. The van der Waals surface area contributed by atoms with Crippen LogP contribution in [0.3, 0.4) is 0 Å². The Labute approximate surface area is 106 Å². The van der Waals surface area contributed by atoms with Crippen molar-refractivity contribution in [2.75, 3.05) is 0 Å². The minimum absolute atomic E-state index is 0.263. The van der Waals surface area contributed by atoms with Gasteiger partial charge in [0.25, 0.3) is 0 Å². The van der Waals surface area contributed by atoms with Crippen molar-refractivity contribution < 1.29 is 5.11 Å². The molecule has 2 N–H and O–H groups in total. The highest BCUT2D eigenvalue weighted by molar-refractivity contribution is 9.10. The van der Waals surface area contributed by atoms with Crippen molar-refractivity contribution in [3.63, 3.8) is 0 Å². The smallest absolute Gasteiger partial charge is 0.0688 e. The van der Waals surface area contributed by atoms with Crippen LogP contribution >= 0.6 is 15.9 Å². The topological polar surface area (TPSA) is 32.3 Å². The Kier molecular flexibility index (Phi) is 4.53. The maximum atomic E-state index is 9.59. The molecular weight excluding hydrogens is 266 g/mol. The lowest BCUT2D eigenvalue weighted by Crippen LogP contribution is -2.47. The van der Waals surface area contributed by atoms with Crippen LogP contribution in [-0.4, -0.2) is 16.7 Å². The molecule has 0 aromatic heterocycles. The minimum atomic E-state index is -0.371. The van der Waals surface area contributed by atoms with Gasteiger partial charge in [0.1, 0.15) is 0 Å². The van der Waals surface area contributed by atoms with Gasteiger partial charge in [0, 0.05) is 16.6 Å². The maximum Gasteiger partial charge on any atom is 0.0688 e. The Balaban J connectivity index is 2.65. The van der Waals surface area contributed by atoms with Crippen molar-refractivity contribution >= 4 is 15.9 Å². The molecule has 1 rings (SSSR count). The molecule has 90 valence electrons. The van der Waals surface area contributed by atoms with Gasteiger partial charge in [0.2, 0.25) is 0 Å². The maximum absolute atomic E-state index is 9.59. The lowest BCUT2D eigenvalue weighted by Gasteiger charge is -2.29. The van der Waals surface area contributed by atoms with Crippen LogP contribution in [0.1, 0.15) is 31.9 Å². The van der Waals surface area contributed by atoms with Gasteiger partial charge in [-0.25, -0.2) is 0 Å². The van der Waals surface area contributed by atoms with Crippen molar-refractivity contribution in [3.05, 3.63) is 33.8 Å². The average Bonchev–Trinajstić information content (AvgIpc) is 2.20. The molecule has 1 unspecified atom stereocenters. The summed E-state index contributed by atoms with van der Waals surface area (Å²) >= 11 is 3.48. The summed E-state index contributed by atoms with van der Waals surface area (Å²) in [6, 6.07) is 6.29. The number of aliphatic hydroxyl groups is 1. The molecule has 0 aliphatic carbocycles. The number of halogens is 1. The van der Waals surface area contributed by atoms with E-state index in [-0.39, 0.29) is 11.6 Å². The summed E-state index contributed by atoms with van der Waals surface area (Å²) in [4.78, 5) is 0. The summed E-state index contributed by atoms with van der Waals surface area (Å²) in [6.07, 6.45) is -0.371. The van der Waals surface area contributed by atoms with E-state index in [9.17, 15) is 5.11 Å². The lowest BCUT2D eigenvalue weighted by atomic mass is 9.98. The Hall–Kier alpha value is -0.380. The molecule has 0 heterocycles. The number of hydrogen-bond donors (Lipinski definition) is 2. The molecule has 0 fully saturated rings. The normalized spacial score (nSPS) is 13.9. The number of aryl methyl sites for hydroxylation is 1. The molecule has 1 atom stereocenters. The zero-order valence-corrected chi connectivity index (χ0v) is 11.9. The van der Waals surface area contributed by atoms with Gasteiger partial charge in [-0.05, 0) is 44.9 Å². The predicted molar refractivity (Wildman–Crippen MR) is 71.5 cm³/mol. The molecule has 2 nitrogen and oxygen atoms in total. The molecule has 0 aliphatic rings. The summed E-state index contributed by atoms with van der Waals surface area (Å²) in [6.45, 7) is 8.66. The van der Waals surface area contributed by atoms with Gasteiger partial charge in [-0.3, -0.25) is 0 Å². The van der Waals surface area contributed by atoms with Gasteiger partial charge >= 0.3 is 0 Å². The number of hydrogen-bond acceptors (Lipinski definition) is 2. The van der Waals surface area contributed by atoms with E-state index in [0.717, 1.165) is 11.0 Å². The molecule has 0 bridgehead atoms. The van der Waals surface area contributed by atoms with E-state index in [0.29, 0.717) is 0 Å². The number of benzene rings is 1. The van der Waals surface area contributed by atoms with Gasteiger partial charge in [-0.1, -0.05) is 28.1 Å². The van der Waals surface area contributed by atoms with Crippen LogP contribution in [0.4, 0.5) is 0 Å². The zero-order chi connectivity index (χ0) is 12.3. The molecule has 0 spiro atoms. The zero-order valence-electron chi connectivity index (χ0n) is 10.3. The van der Waals surface area contributed by atoms with Crippen molar-refractivity contribution in [1.29, 1.82) is 0 Å². The van der Waals surface area contributed by atoms with E-state index < -0.39 is 0 Å². The van der Waals surface area contributed by atoms with Crippen LogP contribution in [0.15, 0.2) is 22.7 Å². The second-order valence-electron chi connectivity index (χ2n) is 4.83. The van der Waals surface area contributed by atoms with E-state index in [1.54, 1.807) is 6.92 Å². The van der Waals surface area contributed by atoms with Crippen molar-refractivity contribution in [3.8, 4) is 0 Å². The Morgan fingerprint density at radius 2 is 2.06 bits per heavy atom. The van der Waals surface area contributed by atoms with E-state index >= 15 is 0 Å². The third-order valence-corrected chi connectivity index (χ3v) is 3.90. The highest BCUT2D eigenvalue weighted by Gasteiger charge is 2.22. The van der Waals surface area contributed by atoms with Gasteiger partial charge < -0.3 is 10.4 Å². The number of aliphatic hydroxyl groups excluding tert-OH is 1. The lowest BCUT2D eigenvalue weighted by molar-refractivity contribution is 0.0956. The van der Waals surface area contributed by atoms with Crippen LogP contribution < -0.4 is 5.32 Å². The molecule has 16 heavy (non-hydrogen) atoms. The van der Waals surface area contributed by atoms with Gasteiger partial charge in [-0.2, -0.15) is 0 Å². The molecular formula is C13H20BrNO. The summed E-state index contributed by atoms with van der Waals surface area (Å²) < 4.78 is 1.13. The largest absolute Gasteiger partial charge is 0.392 e. The molecule has 0 saturated carbocycles. The van der Waals surface area contributed by atoms with E-state index in [2.05, 4.69) is 46.4 Å². The van der Waals surface area contributed by atoms with Gasteiger partial charge in [-0.15, -0.1) is 0 Å². The summed E-state index contributed by atoms with van der Waals surface area (Å²) in [5.41, 5.74) is 2.20. The fraction of sp³-hybridized carbons (Fsp3) is 0.538. The molecule has 0 aliphatic heterocycles. The minimum Gasteiger partial charge on any atom is -0.392 e. The quantitative estimate of drug-likeness (QED) is 0.891. The molecule has 0 amide bonds. The Morgan fingerprint density at radius 1 is 1.44 bits per heavy atom. The van der Waals surface area contributed by atoms with Gasteiger partial charge in [0.05, 0.1) is 6.10 Å².